The fourth-order valence-electron chi connectivity index (χ4n) is 1.66. The van der Waals surface area contributed by atoms with E-state index >= 15 is 0 Å². The van der Waals surface area contributed by atoms with Crippen LogP contribution in [0.25, 0.3) is 11.5 Å². The van der Waals surface area contributed by atoms with Gasteiger partial charge in [-0.15, -0.1) is 0 Å². The van der Waals surface area contributed by atoms with E-state index in [1.165, 1.54) is 18.5 Å². The predicted octanol–water partition coefficient (Wildman–Crippen LogP) is 0.925. The number of aromatic nitrogens is 3. The second-order valence-corrected chi connectivity index (χ2v) is 3.82. The van der Waals surface area contributed by atoms with Gasteiger partial charge in [-0.2, -0.15) is 4.98 Å². The summed E-state index contributed by atoms with van der Waals surface area (Å²) in [6.07, 6.45) is 2.57. The van der Waals surface area contributed by atoms with Crippen LogP contribution in [0.1, 0.15) is 11.9 Å². The Morgan fingerprint density at radius 2 is 2.22 bits per heavy atom. The van der Waals surface area contributed by atoms with E-state index in [1.54, 1.807) is 0 Å². The molecule has 3 rings (SSSR count). The van der Waals surface area contributed by atoms with Crippen LogP contribution in [0.4, 0.5) is 0 Å². The Bertz CT molecular complexity index is 537. The van der Waals surface area contributed by atoms with E-state index in [2.05, 4.69) is 15.1 Å². The average Bonchev–Trinajstić information content (AvgIpc) is 2.89. The largest absolute Gasteiger partial charge is 0.506 e. The van der Waals surface area contributed by atoms with Crippen molar-refractivity contribution in [2.75, 3.05) is 19.8 Å². The van der Waals surface area contributed by atoms with E-state index in [4.69, 9.17) is 14.0 Å². The molecule has 1 unspecified atom stereocenters. The quantitative estimate of drug-likeness (QED) is 0.846. The van der Waals surface area contributed by atoms with Crippen molar-refractivity contribution in [3.05, 3.63) is 24.3 Å². The Morgan fingerprint density at radius 1 is 1.28 bits per heavy atom. The fourth-order valence-corrected chi connectivity index (χ4v) is 1.66. The highest BCUT2D eigenvalue weighted by Gasteiger charge is 2.22. The Labute approximate surface area is 102 Å². The maximum absolute atomic E-state index is 9.33. The van der Waals surface area contributed by atoms with Gasteiger partial charge < -0.3 is 19.1 Å². The van der Waals surface area contributed by atoms with E-state index in [1.807, 2.05) is 0 Å². The zero-order valence-electron chi connectivity index (χ0n) is 9.44. The van der Waals surface area contributed by atoms with Crippen LogP contribution >= 0.6 is 0 Å². The van der Waals surface area contributed by atoms with Crippen molar-refractivity contribution in [1.82, 2.24) is 15.1 Å². The van der Waals surface area contributed by atoms with Gasteiger partial charge in [0.05, 0.1) is 31.6 Å². The zero-order valence-corrected chi connectivity index (χ0v) is 9.44. The fraction of sp³-hybridized carbons (Fsp3) is 0.364. The molecule has 1 saturated heterocycles. The predicted molar refractivity (Wildman–Crippen MR) is 58.7 cm³/mol. The highest BCUT2D eigenvalue weighted by Crippen LogP contribution is 2.23. The van der Waals surface area contributed by atoms with Crippen molar-refractivity contribution >= 4 is 0 Å². The number of nitrogens with zero attached hydrogens (tertiary/aromatic N) is 3. The van der Waals surface area contributed by atoms with Crippen LogP contribution in [0.5, 0.6) is 5.75 Å². The standard InChI is InChI=1S/C11H11N3O4/c15-8-3-7(4-12-5-8)11-13-10(14-18-11)9-6-16-1-2-17-9/h3-5,9,15H,1-2,6H2. The lowest BCUT2D eigenvalue weighted by Gasteiger charge is -2.19. The van der Waals surface area contributed by atoms with Gasteiger partial charge in [-0.3, -0.25) is 4.98 Å². The molecule has 0 amide bonds. The minimum absolute atomic E-state index is 0.0458. The van der Waals surface area contributed by atoms with E-state index in [0.29, 0.717) is 37.1 Å². The maximum Gasteiger partial charge on any atom is 0.259 e. The summed E-state index contributed by atoms with van der Waals surface area (Å²) in [5.74, 6) is 0.778. The minimum atomic E-state index is -0.304. The Hall–Kier alpha value is -1.99. The van der Waals surface area contributed by atoms with Gasteiger partial charge in [-0.25, -0.2) is 0 Å². The average molecular weight is 249 g/mol. The molecule has 1 fully saturated rings. The van der Waals surface area contributed by atoms with Crippen LogP contribution in [-0.2, 0) is 9.47 Å². The molecule has 0 aromatic carbocycles. The third kappa shape index (κ3) is 2.18. The van der Waals surface area contributed by atoms with Gasteiger partial charge in [0.2, 0.25) is 5.82 Å². The number of rotatable bonds is 2. The summed E-state index contributed by atoms with van der Waals surface area (Å²) in [6, 6.07) is 1.50. The summed E-state index contributed by atoms with van der Waals surface area (Å²) in [7, 11) is 0. The lowest BCUT2D eigenvalue weighted by atomic mass is 10.3. The van der Waals surface area contributed by atoms with Crippen LogP contribution in [-0.4, -0.2) is 40.1 Å². The summed E-state index contributed by atoms with van der Waals surface area (Å²) in [5, 5.41) is 13.2. The lowest BCUT2D eigenvalue weighted by Crippen LogP contribution is -2.22. The van der Waals surface area contributed by atoms with Crippen molar-refractivity contribution in [3.63, 3.8) is 0 Å². The van der Waals surface area contributed by atoms with E-state index < -0.39 is 0 Å². The first-order chi connectivity index (χ1) is 8.83. The molecule has 0 bridgehead atoms. The molecule has 2 aromatic heterocycles. The highest BCUT2D eigenvalue weighted by molar-refractivity contribution is 5.53. The highest BCUT2D eigenvalue weighted by atomic mass is 16.6. The van der Waals surface area contributed by atoms with Crippen molar-refractivity contribution in [3.8, 4) is 17.2 Å². The molecule has 94 valence electrons. The molecule has 7 nitrogen and oxygen atoms in total. The second kappa shape index (κ2) is 4.71. The number of aromatic hydroxyl groups is 1. The molecule has 7 heteroatoms. The molecule has 2 aromatic rings. The SMILES string of the molecule is Oc1cncc(-c2nc(C3COCCO3)no2)c1. The molecule has 0 saturated carbocycles. The first-order valence-corrected chi connectivity index (χ1v) is 5.50. The molecule has 1 aliphatic heterocycles. The first-order valence-electron chi connectivity index (χ1n) is 5.50. The zero-order chi connectivity index (χ0) is 12.4. The number of ether oxygens (including phenoxy) is 2. The monoisotopic (exact) mass is 249 g/mol. The summed E-state index contributed by atoms with van der Waals surface area (Å²) in [4.78, 5) is 8.06. The van der Waals surface area contributed by atoms with Gasteiger partial charge in [-0.1, -0.05) is 5.16 Å². The molecule has 0 aliphatic carbocycles. The van der Waals surface area contributed by atoms with Gasteiger partial charge in [0.25, 0.3) is 5.89 Å². The number of pyridine rings is 1. The minimum Gasteiger partial charge on any atom is -0.506 e. The summed E-state index contributed by atoms with van der Waals surface area (Å²) < 4.78 is 15.8. The number of hydrogen-bond acceptors (Lipinski definition) is 7. The Morgan fingerprint density at radius 3 is 3.00 bits per heavy atom. The van der Waals surface area contributed by atoms with Crippen LogP contribution < -0.4 is 0 Å². The van der Waals surface area contributed by atoms with Crippen LogP contribution in [0.2, 0.25) is 0 Å². The van der Waals surface area contributed by atoms with Gasteiger partial charge >= 0.3 is 0 Å². The van der Waals surface area contributed by atoms with Gasteiger partial charge in [0, 0.05) is 6.20 Å². The topological polar surface area (TPSA) is 90.5 Å². The number of hydrogen-bond donors (Lipinski definition) is 1. The summed E-state index contributed by atoms with van der Waals surface area (Å²) >= 11 is 0. The Kier molecular flexibility index (Phi) is 2.91. The molecular weight excluding hydrogens is 238 g/mol. The van der Waals surface area contributed by atoms with Crippen molar-refractivity contribution < 1.29 is 19.1 Å². The van der Waals surface area contributed by atoms with Crippen molar-refractivity contribution in [2.45, 2.75) is 6.10 Å². The van der Waals surface area contributed by atoms with E-state index in [-0.39, 0.29) is 11.9 Å². The van der Waals surface area contributed by atoms with Gasteiger partial charge in [0.15, 0.2) is 0 Å². The van der Waals surface area contributed by atoms with Gasteiger partial charge in [-0.05, 0) is 6.07 Å². The van der Waals surface area contributed by atoms with Crippen LogP contribution in [0, 0.1) is 0 Å². The van der Waals surface area contributed by atoms with Crippen LogP contribution in [0.15, 0.2) is 23.0 Å². The summed E-state index contributed by atoms with van der Waals surface area (Å²) in [5.41, 5.74) is 0.561. The molecule has 3 heterocycles. The second-order valence-electron chi connectivity index (χ2n) is 3.82. The molecule has 0 radical (unpaired) electrons. The molecule has 18 heavy (non-hydrogen) atoms. The third-order valence-corrected chi connectivity index (χ3v) is 2.52. The lowest BCUT2D eigenvalue weighted by molar-refractivity contribution is -0.0941. The smallest absolute Gasteiger partial charge is 0.259 e. The van der Waals surface area contributed by atoms with Crippen molar-refractivity contribution in [1.29, 1.82) is 0 Å². The first kappa shape index (κ1) is 11.1. The molecule has 1 aliphatic rings. The normalized spacial score (nSPS) is 19.9. The maximum atomic E-state index is 9.33. The molecule has 1 N–H and O–H groups in total. The van der Waals surface area contributed by atoms with Crippen LogP contribution in [0.3, 0.4) is 0 Å². The molecular formula is C11H11N3O4. The van der Waals surface area contributed by atoms with Crippen molar-refractivity contribution in [2.24, 2.45) is 0 Å². The molecule has 0 spiro atoms. The third-order valence-electron chi connectivity index (χ3n) is 2.52. The van der Waals surface area contributed by atoms with E-state index in [9.17, 15) is 5.11 Å². The molecule has 1 atom stereocenters. The Balaban J connectivity index is 1.84. The summed E-state index contributed by atoms with van der Waals surface area (Å²) in [6.45, 7) is 1.51. The van der Waals surface area contributed by atoms with Gasteiger partial charge in [0.1, 0.15) is 11.9 Å². The van der Waals surface area contributed by atoms with E-state index in [0.717, 1.165) is 0 Å².